The zero-order valence-corrected chi connectivity index (χ0v) is 19.8. The van der Waals surface area contributed by atoms with E-state index in [-0.39, 0.29) is 28.5 Å². The van der Waals surface area contributed by atoms with Crippen molar-refractivity contribution in [1.82, 2.24) is 0 Å². The highest BCUT2D eigenvalue weighted by Gasteiger charge is 2.47. The van der Waals surface area contributed by atoms with Gasteiger partial charge in [-0.1, -0.05) is 54.6 Å². The maximum absolute atomic E-state index is 13.5. The summed E-state index contributed by atoms with van der Waals surface area (Å²) in [5, 5.41) is 14.4. The Morgan fingerprint density at radius 3 is 1.38 bits per heavy atom. The van der Waals surface area contributed by atoms with E-state index in [4.69, 9.17) is 0 Å². The highest BCUT2D eigenvalue weighted by molar-refractivity contribution is 8.93. The first-order valence-electron chi connectivity index (χ1n) is 9.94. The van der Waals surface area contributed by atoms with Gasteiger partial charge >= 0.3 is 0 Å². The number of nitro groups is 1. The summed E-state index contributed by atoms with van der Waals surface area (Å²) in [6, 6.07) is 36.4. The standard InChI is InChI=1S/C26H21NO3P.BrH/c28-26(21-16-18-22(19-17-21)27(29)30)20-31(23-10-4-1-5-11-23,24-12-6-2-7-13-24)25-14-8-3-9-15-25;/h1-19H,20H2;1H/q+1;. The molecule has 0 amide bonds. The molecule has 0 saturated carbocycles. The van der Waals surface area contributed by atoms with Crippen LogP contribution in [0.25, 0.3) is 0 Å². The summed E-state index contributed by atoms with van der Waals surface area (Å²) >= 11 is 0. The minimum atomic E-state index is -2.29. The van der Waals surface area contributed by atoms with Crippen LogP contribution in [0, 0.1) is 10.1 Å². The van der Waals surface area contributed by atoms with Crippen LogP contribution in [0.15, 0.2) is 115 Å². The van der Waals surface area contributed by atoms with Gasteiger partial charge < -0.3 is 0 Å². The predicted molar refractivity (Wildman–Crippen MR) is 138 cm³/mol. The van der Waals surface area contributed by atoms with Gasteiger partial charge in [-0.2, -0.15) is 0 Å². The normalized spacial score (nSPS) is 10.8. The molecule has 4 aromatic rings. The number of Topliss-reactive ketones (excluding diaryl/α,β-unsaturated/α-hetero) is 1. The zero-order valence-electron chi connectivity index (χ0n) is 17.2. The van der Waals surface area contributed by atoms with Crippen LogP contribution in [0.1, 0.15) is 10.4 Å². The minimum Gasteiger partial charge on any atom is -0.290 e. The number of nitrogens with zero attached hydrogens (tertiary/aromatic N) is 1. The van der Waals surface area contributed by atoms with Gasteiger partial charge in [-0.3, -0.25) is 14.9 Å². The summed E-state index contributed by atoms with van der Waals surface area (Å²) < 4.78 is 0. The number of hydrogen-bond donors (Lipinski definition) is 0. The van der Waals surface area contributed by atoms with Gasteiger partial charge in [-0.05, 0) is 48.5 Å². The molecule has 32 heavy (non-hydrogen) atoms. The second kappa shape index (κ2) is 10.4. The van der Waals surface area contributed by atoms with Gasteiger partial charge in [-0.25, -0.2) is 0 Å². The molecule has 0 bridgehead atoms. The topological polar surface area (TPSA) is 60.2 Å². The SMILES string of the molecule is Br.O=C(C[P+](c1ccccc1)(c1ccccc1)c1ccccc1)c1ccc([N+](=O)[O-])cc1. The fraction of sp³-hybridized carbons (Fsp3) is 0.0385. The van der Waals surface area contributed by atoms with Gasteiger partial charge in [0.1, 0.15) is 29.3 Å². The quantitative estimate of drug-likeness (QED) is 0.147. The van der Waals surface area contributed by atoms with E-state index in [0.717, 1.165) is 15.9 Å². The Labute approximate surface area is 198 Å². The minimum absolute atomic E-state index is 0. The van der Waals surface area contributed by atoms with Crippen molar-refractivity contribution in [1.29, 1.82) is 0 Å². The van der Waals surface area contributed by atoms with Crippen molar-refractivity contribution < 1.29 is 9.72 Å². The summed E-state index contributed by atoms with van der Waals surface area (Å²) in [5.41, 5.74) is 0.463. The zero-order chi connectivity index (χ0) is 21.7. The summed E-state index contributed by atoms with van der Waals surface area (Å²) in [6.07, 6.45) is 0.308. The lowest BCUT2D eigenvalue weighted by atomic mass is 10.1. The molecule has 0 atom stereocenters. The van der Waals surface area contributed by atoms with Crippen molar-refractivity contribution in [3.8, 4) is 0 Å². The molecule has 0 unspecified atom stereocenters. The van der Waals surface area contributed by atoms with Crippen molar-refractivity contribution in [2.75, 3.05) is 6.16 Å². The third-order valence-electron chi connectivity index (χ3n) is 5.37. The third kappa shape index (κ3) is 4.69. The Morgan fingerprint density at radius 1 is 0.656 bits per heavy atom. The lowest BCUT2D eigenvalue weighted by Crippen LogP contribution is -2.35. The first kappa shape index (κ1) is 23.5. The number of carbonyl (C=O) groups excluding carboxylic acids is 1. The van der Waals surface area contributed by atoms with Crippen LogP contribution < -0.4 is 15.9 Å². The Hall–Kier alpha value is -3.14. The highest BCUT2D eigenvalue weighted by atomic mass is 79.9. The van der Waals surface area contributed by atoms with E-state index < -0.39 is 12.2 Å². The Morgan fingerprint density at radius 2 is 1.03 bits per heavy atom. The van der Waals surface area contributed by atoms with E-state index in [0.29, 0.717) is 11.7 Å². The van der Waals surface area contributed by atoms with Crippen LogP contribution in [0.2, 0.25) is 0 Å². The first-order chi connectivity index (χ1) is 15.1. The highest BCUT2D eigenvalue weighted by Crippen LogP contribution is 2.55. The van der Waals surface area contributed by atoms with Crippen LogP contribution >= 0.6 is 24.2 Å². The van der Waals surface area contributed by atoms with Gasteiger partial charge in [0.25, 0.3) is 5.69 Å². The van der Waals surface area contributed by atoms with Gasteiger partial charge in [0.05, 0.1) is 4.92 Å². The Kier molecular flexibility index (Phi) is 7.68. The number of carbonyl (C=O) groups is 1. The first-order valence-corrected chi connectivity index (χ1v) is 11.9. The molecule has 0 aromatic heterocycles. The Balaban J connectivity index is 0.00000289. The number of benzene rings is 4. The summed E-state index contributed by atoms with van der Waals surface area (Å²) in [7, 11) is -2.29. The third-order valence-corrected chi connectivity index (χ3v) is 9.67. The van der Waals surface area contributed by atoms with E-state index in [1.165, 1.54) is 12.1 Å². The van der Waals surface area contributed by atoms with Crippen molar-refractivity contribution in [2.24, 2.45) is 0 Å². The fourth-order valence-corrected chi connectivity index (χ4v) is 7.94. The van der Waals surface area contributed by atoms with Crippen LogP contribution in [0.3, 0.4) is 0 Å². The van der Waals surface area contributed by atoms with Gasteiger partial charge in [0.15, 0.2) is 0 Å². The van der Waals surface area contributed by atoms with Crippen molar-refractivity contribution in [3.63, 3.8) is 0 Å². The number of halogens is 1. The average molecular weight is 507 g/mol. The number of ketones is 1. The number of hydrogen-bond acceptors (Lipinski definition) is 3. The number of non-ortho nitro benzene ring substituents is 1. The molecule has 0 radical (unpaired) electrons. The monoisotopic (exact) mass is 506 g/mol. The van der Waals surface area contributed by atoms with E-state index in [2.05, 4.69) is 36.4 Å². The number of nitro benzene ring substituents is 1. The molecule has 6 heteroatoms. The van der Waals surface area contributed by atoms with Crippen LogP contribution in [0.4, 0.5) is 5.69 Å². The summed E-state index contributed by atoms with van der Waals surface area (Å²) in [4.78, 5) is 24.1. The van der Waals surface area contributed by atoms with Crippen molar-refractivity contribution >= 4 is 51.6 Å². The van der Waals surface area contributed by atoms with E-state index >= 15 is 0 Å². The second-order valence-corrected chi connectivity index (χ2v) is 10.7. The molecule has 4 nitrogen and oxygen atoms in total. The fourth-order valence-electron chi connectivity index (χ4n) is 3.84. The van der Waals surface area contributed by atoms with E-state index in [9.17, 15) is 14.9 Å². The summed E-state index contributed by atoms with van der Waals surface area (Å²) in [6.45, 7) is 0. The molecular formula is C26H22BrNO3P+. The van der Waals surface area contributed by atoms with Gasteiger partial charge in [-0.15, -0.1) is 17.0 Å². The molecule has 0 aliphatic heterocycles. The molecular weight excluding hydrogens is 485 g/mol. The molecule has 0 saturated heterocycles. The molecule has 0 fully saturated rings. The van der Waals surface area contributed by atoms with Gasteiger partial charge in [0, 0.05) is 17.7 Å². The van der Waals surface area contributed by atoms with Gasteiger partial charge in [0.2, 0.25) is 5.78 Å². The molecule has 4 aromatic carbocycles. The smallest absolute Gasteiger partial charge is 0.269 e. The maximum atomic E-state index is 13.5. The van der Waals surface area contributed by atoms with Crippen molar-refractivity contribution in [3.05, 3.63) is 131 Å². The van der Waals surface area contributed by atoms with Crippen LogP contribution in [-0.4, -0.2) is 16.9 Å². The van der Waals surface area contributed by atoms with E-state index in [1.807, 2.05) is 54.6 Å². The second-order valence-electron chi connectivity index (χ2n) is 7.20. The van der Waals surface area contributed by atoms with E-state index in [1.54, 1.807) is 12.1 Å². The molecule has 0 spiro atoms. The van der Waals surface area contributed by atoms with Crippen molar-refractivity contribution in [2.45, 2.75) is 0 Å². The largest absolute Gasteiger partial charge is 0.290 e. The lowest BCUT2D eigenvalue weighted by molar-refractivity contribution is -0.384. The lowest BCUT2D eigenvalue weighted by Gasteiger charge is -2.27. The maximum Gasteiger partial charge on any atom is 0.269 e. The number of rotatable bonds is 7. The average Bonchev–Trinajstić information content (AvgIpc) is 2.84. The summed E-state index contributed by atoms with van der Waals surface area (Å²) in [5.74, 6) is -0.0280. The molecule has 0 aliphatic carbocycles. The molecule has 4 rings (SSSR count). The molecule has 0 heterocycles. The predicted octanol–water partition coefficient (Wildman–Crippen LogP) is 5.35. The molecule has 0 aliphatic rings. The van der Waals surface area contributed by atoms with Crippen LogP contribution in [0.5, 0.6) is 0 Å². The van der Waals surface area contributed by atoms with Crippen LogP contribution in [-0.2, 0) is 0 Å². The molecule has 160 valence electrons. The molecule has 0 N–H and O–H groups in total. The Bertz CT molecular complexity index is 1090.